The van der Waals surface area contributed by atoms with E-state index in [0.29, 0.717) is 24.8 Å². The number of carbonyl (C=O) groups is 2. The molecular weight excluding hydrogens is 280 g/mol. The third-order valence-corrected chi connectivity index (χ3v) is 4.39. The second-order valence-corrected chi connectivity index (χ2v) is 6.05. The number of benzene rings is 1. The number of carbonyl (C=O) groups excluding carboxylic acids is 1. The smallest absolute Gasteiger partial charge is 0.335 e. The molecule has 120 valence electrons. The molecule has 1 atom stereocenters. The average molecular weight is 304 g/mol. The normalized spacial score (nSPS) is 17.0. The van der Waals surface area contributed by atoms with Gasteiger partial charge >= 0.3 is 5.97 Å². The first kappa shape index (κ1) is 16.5. The average Bonchev–Trinajstić information content (AvgIpc) is 2.54. The van der Waals surface area contributed by atoms with E-state index in [1.54, 1.807) is 24.3 Å². The van der Waals surface area contributed by atoms with Crippen molar-refractivity contribution in [3.8, 4) is 0 Å². The fourth-order valence-corrected chi connectivity index (χ4v) is 2.91. The predicted molar refractivity (Wildman–Crippen MR) is 84.6 cm³/mol. The third-order valence-electron chi connectivity index (χ3n) is 4.39. The van der Waals surface area contributed by atoms with Crippen LogP contribution in [0.1, 0.15) is 42.1 Å². The molecule has 1 heterocycles. The number of carboxylic acids is 1. The van der Waals surface area contributed by atoms with Gasteiger partial charge in [-0.2, -0.15) is 0 Å². The van der Waals surface area contributed by atoms with Crippen molar-refractivity contribution in [3.63, 3.8) is 0 Å². The van der Waals surface area contributed by atoms with E-state index in [9.17, 15) is 9.59 Å². The van der Waals surface area contributed by atoms with Gasteiger partial charge in [-0.15, -0.1) is 0 Å². The zero-order valence-corrected chi connectivity index (χ0v) is 13.0. The highest BCUT2D eigenvalue weighted by Gasteiger charge is 2.21. The van der Waals surface area contributed by atoms with Crippen molar-refractivity contribution in [1.29, 1.82) is 0 Å². The van der Waals surface area contributed by atoms with E-state index in [0.717, 1.165) is 31.5 Å². The van der Waals surface area contributed by atoms with Gasteiger partial charge < -0.3 is 15.7 Å². The van der Waals surface area contributed by atoms with Gasteiger partial charge in [0.15, 0.2) is 0 Å². The molecule has 0 aliphatic carbocycles. The van der Waals surface area contributed by atoms with Crippen LogP contribution in [0.3, 0.4) is 0 Å². The molecule has 1 aromatic rings. The fourth-order valence-electron chi connectivity index (χ4n) is 2.91. The number of carboxylic acid groups (broad SMARTS) is 1. The van der Waals surface area contributed by atoms with Gasteiger partial charge in [-0.1, -0.05) is 19.1 Å². The molecule has 1 aliphatic rings. The predicted octanol–water partition coefficient (Wildman–Crippen LogP) is 2.03. The highest BCUT2D eigenvalue weighted by atomic mass is 16.4. The maximum Gasteiger partial charge on any atom is 0.335 e. The van der Waals surface area contributed by atoms with Gasteiger partial charge in [0.1, 0.15) is 0 Å². The van der Waals surface area contributed by atoms with Crippen LogP contribution in [0.25, 0.3) is 0 Å². The molecule has 0 spiro atoms. The van der Waals surface area contributed by atoms with E-state index in [-0.39, 0.29) is 11.5 Å². The Labute approximate surface area is 131 Å². The van der Waals surface area contributed by atoms with Crippen LogP contribution in [0.15, 0.2) is 24.3 Å². The molecule has 0 bridgehead atoms. The lowest BCUT2D eigenvalue weighted by atomic mass is 9.84. The molecule has 0 saturated carbocycles. The topological polar surface area (TPSA) is 78.4 Å². The van der Waals surface area contributed by atoms with Gasteiger partial charge in [-0.3, -0.25) is 4.79 Å². The summed E-state index contributed by atoms with van der Waals surface area (Å²) in [6.45, 7) is 4.69. The summed E-state index contributed by atoms with van der Waals surface area (Å²) in [4.78, 5) is 22.8. The molecule has 2 rings (SSSR count). The quantitative estimate of drug-likeness (QED) is 0.751. The first-order valence-electron chi connectivity index (χ1n) is 7.86. The lowest BCUT2D eigenvalue weighted by Crippen LogP contribution is -2.33. The van der Waals surface area contributed by atoms with E-state index in [1.807, 2.05) is 0 Å². The van der Waals surface area contributed by atoms with Gasteiger partial charge in [0.2, 0.25) is 5.91 Å². The monoisotopic (exact) mass is 304 g/mol. The van der Waals surface area contributed by atoms with Crippen molar-refractivity contribution in [2.24, 2.45) is 11.8 Å². The zero-order valence-electron chi connectivity index (χ0n) is 13.0. The van der Waals surface area contributed by atoms with Crippen LogP contribution in [-0.2, 0) is 11.3 Å². The Morgan fingerprint density at radius 3 is 2.50 bits per heavy atom. The summed E-state index contributed by atoms with van der Waals surface area (Å²) < 4.78 is 0. The third kappa shape index (κ3) is 4.84. The van der Waals surface area contributed by atoms with E-state index in [1.165, 1.54) is 0 Å². The first-order chi connectivity index (χ1) is 10.6. The maximum absolute atomic E-state index is 12.0. The minimum atomic E-state index is -0.939. The molecule has 1 saturated heterocycles. The number of rotatable bonds is 6. The van der Waals surface area contributed by atoms with Crippen LogP contribution in [0, 0.1) is 11.8 Å². The molecule has 5 heteroatoms. The van der Waals surface area contributed by atoms with Crippen molar-refractivity contribution in [2.75, 3.05) is 13.1 Å². The van der Waals surface area contributed by atoms with Gasteiger partial charge in [-0.05, 0) is 55.5 Å². The Hall–Kier alpha value is -1.88. The van der Waals surface area contributed by atoms with Crippen molar-refractivity contribution < 1.29 is 14.7 Å². The van der Waals surface area contributed by atoms with Crippen LogP contribution in [0.5, 0.6) is 0 Å². The molecule has 1 unspecified atom stereocenters. The summed E-state index contributed by atoms with van der Waals surface area (Å²) in [5, 5.41) is 15.1. The van der Waals surface area contributed by atoms with Gasteiger partial charge in [-0.25, -0.2) is 4.79 Å². The van der Waals surface area contributed by atoms with Crippen molar-refractivity contribution in [3.05, 3.63) is 35.4 Å². The first-order valence-corrected chi connectivity index (χ1v) is 7.86. The number of hydrogen-bond donors (Lipinski definition) is 3. The second-order valence-electron chi connectivity index (χ2n) is 6.05. The van der Waals surface area contributed by atoms with Gasteiger partial charge in [0, 0.05) is 13.0 Å². The van der Waals surface area contributed by atoms with E-state index >= 15 is 0 Å². The standard InChI is InChI=1S/C17H24N2O3/c1-12(14-6-8-18-9-7-14)10-16(20)19-11-13-2-4-15(5-3-13)17(21)22/h2-5,12,14,18H,6-11H2,1H3,(H,19,20)(H,21,22). The molecule has 0 aromatic heterocycles. The van der Waals surface area contributed by atoms with Crippen LogP contribution in [0.2, 0.25) is 0 Å². The number of nitrogens with one attached hydrogen (secondary N) is 2. The summed E-state index contributed by atoms with van der Waals surface area (Å²) in [7, 11) is 0. The van der Waals surface area contributed by atoms with Crippen molar-refractivity contribution in [1.82, 2.24) is 10.6 Å². The molecule has 1 aromatic carbocycles. The molecule has 1 fully saturated rings. The Kier molecular flexibility index (Phi) is 5.95. The Balaban J connectivity index is 1.75. The highest BCUT2D eigenvalue weighted by molar-refractivity contribution is 5.87. The van der Waals surface area contributed by atoms with Crippen LogP contribution in [0.4, 0.5) is 0 Å². The minimum absolute atomic E-state index is 0.0633. The molecule has 0 radical (unpaired) electrons. The summed E-state index contributed by atoms with van der Waals surface area (Å²) in [6.07, 6.45) is 2.84. The SMILES string of the molecule is CC(CC(=O)NCc1ccc(C(=O)O)cc1)C1CCNCC1. The maximum atomic E-state index is 12.0. The molecule has 22 heavy (non-hydrogen) atoms. The molecule has 1 amide bonds. The lowest BCUT2D eigenvalue weighted by Gasteiger charge is -2.27. The van der Waals surface area contributed by atoms with E-state index in [2.05, 4.69) is 17.6 Å². The Bertz CT molecular complexity index is 507. The van der Waals surface area contributed by atoms with Gasteiger partial charge in [0.25, 0.3) is 0 Å². The Morgan fingerprint density at radius 1 is 1.27 bits per heavy atom. The lowest BCUT2D eigenvalue weighted by molar-refractivity contribution is -0.122. The number of aromatic carboxylic acids is 1. The minimum Gasteiger partial charge on any atom is -0.478 e. The summed E-state index contributed by atoms with van der Waals surface area (Å²) >= 11 is 0. The summed E-state index contributed by atoms with van der Waals surface area (Å²) in [6, 6.07) is 6.59. The van der Waals surface area contributed by atoms with Crippen molar-refractivity contribution >= 4 is 11.9 Å². The van der Waals surface area contributed by atoms with Crippen molar-refractivity contribution in [2.45, 2.75) is 32.7 Å². The van der Waals surface area contributed by atoms with Crippen LogP contribution < -0.4 is 10.6 Å². The number of amides is 1. The number of hydrogen-bond acceptors (Lipinski definition) is 3. The Morgan fingerprint density at radius 2 is 1.91 bits per heavy atom. The summed E-state index contributed by atoms with van der Waals surface area (Å²) in [5.74, 6) is 0.151. The van der Waals surface area contributed by atoms with E-state index < -0.39 is 5.97 Å². The van der Waals surface area contributed by atoms with Crippen LogP contribution in [-0.4, -0.2) is 30.1 Å². The van der Waals surface area contributed by atoms with Gasteiger partial charge in [0.05, 0.1) is 5.56 Å². The molecule has 1 aliphatic heterocycles. The number of piperidine rings is 1. The largest absolute Gasteiger partial charge is 0.478 e. The molecular formula is C17H24N2O3. The molecule has 5 nitrogen and oxygen atoms in total. The summed E-state index contributed by atoms with van der Waals surface area (Å²) in [5.41, 5.74) is 1.17. The van der Waals surface area contributed by atoms with E-state index in [4.69, 9.17) is 5.11 Å². The zero-order chi connectivity index (χ0) is 15.9. The van der Waals surface area contributed by atoms with Crippen LogP contribution >= 0.6 is 0 Å². The fraction of sp³-hybridized carbons (Fsp3) is 0.529. The second kappa shape index (κ2) is 7.94. The highest BCUT2D eigenvalue weighted by Crippen LogP contribution is 2.24. The molecule has 3 N–H and O–H groups in total.